The molecule has 1 aliphatic rings. The van der Waals surface area contributed by atoms with Gasteiger partial charge in [-0.25, -0.2) is 13.4 Å². The number of carbonyl (C=O) groups excluding carboxylic acids is 1. The van der Waals surface area contributed by atoms with Gasteiger partial charge in [-0.15, -0.1) is 0 Å². The van der Waals surface area contributed by atoms with E-state index in [0.717, 1.165) is 31.4 Å². The molecule has 0 radical (unpaired) electrons. The molecule has 2 aromatic carbocycles. The zero-order chi connectivity index (χ0) is 21.5. The summed E-state index contributed by atoms with van der Waals surface area (Å²) in [5.74, 6) is 0.649. The van der Waals surface area contributed by atoms with E-state index >= 15 is 0 Å². The van der Waals surface area contributed by atoms with Gasteiger partial charge in [0.25, 0.3) is 5.91 Å². The summed E-state index contributed by atoms with van der Waals surface area (Å²) in [5.41, 5.74) is 2.89. The van der Waals surface area contributed by atoms with E-state index in [1.165, 1.54) is 4.31 Å². The Hall–Kier alpha value is -2.71. The Bertz CT molecular complexity index is 1210. The molecule has 1 fully saturated rings. The first-order chi connectivity index (χ1) is 14.3. The highest BCUT2D eigenvalue weighted by Crippen LogP contribution is 2.23. The van der Waals surface area contributed by atoms with E-state index in [-0.39, 0.29) is 12.5 Å². The first kappa shape index (κ1) is 20.6. The van der Waals surface area contributed by atoms with Gasteiger partial charge in [0.05, 0.1) is 22.5 Å². The van der Waals surface area contributed by atoms with Crippen molar-refractivity contribution in [3.05, 3.63) is 59.4 Å². The van der Waals surface area contributed by atoms with Gasteiger partial charge in [-0.05, 0) is 49.6 Å². The summed E-state index contributed by atoms with van der Waals surface area (Å²) in [6, 6.07) is 12.5. The number of likely N-dealkylation sites (tertiary alicyclic amines) is 1. The highest BCUT2D eigenvalue weighted by Gasteiger charge is 2.25. The minimum Gasteiger partial charge on any atom is -0.339 e. The van der Waals surface area contributed by atoms with Crippen LogP contribution in [0.15, 0.2) is 47.4 Å². The molecule has 0 atom stereocenters. The first-order valence-electron chi connectivity index (χ1n) is 10.1. The molecule has 0 bridgehead atoms. The Morgan fingerprint density at radius 2 is 1.83 bits per heavy atom. The van der Waals surface area contributed by atoms with Crippen molar-refractivity contribution in [2.75, 3.05) is 20.1 Å². The zero-order valence-electron chi connectivity index (χ0n) is 17.5. The molecule has 0 unspecified atom stereocenters. The molecule has 3 aromatic rings. The number of hydrogen-bond donors (Lipinski definition) is 0. The summed E-state index contributed by atoms with van der Waals surface area (Å²) < 4.78 is 29.2. The highest BCUT2D eigenvalue weighted by molar-refractivity contribution is 7.89. The van der Waals surface area contributed by atoms with Crippen LogP contribution in [-0.4, -0.2) is 53.2 Å². The molecule has 158 valence electrons. The standard InChI is InChI=1S/C22H26N4O3S/c1-16-8-4-5-9-20(16)30(28,29)24(2)15-21-23-18-14-17(10-11-19(18)25(21)3)22(27)26-12-6-7-13-26/h4-5,8-11,14H,6-7,12-13,15H2,1-3H3. The third-order valence-electron chi connectivity index (χ3n) is 5.76. The maximum atomic E-state index is 13.0. The van der Waals surface area contributed by atoms with Crippen LogP contribution in [0, 0.1) is 6.92 Å². The van der Waals surface area contributed by atoms with E-state index in [1.807, 2.05) is 34.7 Å². The zero-order valence-corrected chi connectivity index (χ0v) is 18.3. The van der Waals surface area contributed by atoms with Crippen molar-refractivity contribution in [3.8, 4) is 0 Å². The number of aromatic nitrogens is 2. The lowest BCUT2D eigenvalue weighted by Crippen LogP contribution is -2.28. The van der Waals surface area contributed by atoms with Gasteiger partial charge in [0, 0.05) is 32.7 Å². The Morgan fingerprint density at radius 3 is 2.53 bits per heavy atom. The number of aryl methyl sites for hydroxylation is 2. The number of imidazole rings is 1. The fraction of sp³-hybridized carbons (Fsp3) is 0.364. The van der Waals surface area contributed by atoms with Crippen molar-refractivity contribution in [2.45, 2.75) is 31.2 Å². The molecule has 0 N–H and O–H groups in total. The monoisotopic (exact) mass is 426 g/mol. The molecule has 30 heavy (non-hydrogen) atoms. The molecule has 1 saturated heterocycles. The number of benzene rings is 2. The van der Waals surface area contributed by atoms with E-state index < -0.39 is 10.0 Å². The molecule has 7 nitrogen and oxygen atoms in total. The maximum absolute atomic E-state index is 13.0. The first-order valence-corrected chi connectivity index (χ1v) is 11.5. The fourth-order valence-corrected chi connectivity index (χ4v) is 5.27. The molecule has 0 spiro atoms. The molecular weight excluding hydrogens is 400 g/mol. The predicted molar refractivity (Wildman–Crippen MR) is 116 cm³/mol. The molecule has 0 saturated carbocycles. The summed E-state index contributed by atoms with van der Waals surface area (Å²) in [7, 11) is -0.215. The second-order valence-corrected chi connectivity index (χ2v) is 9.83. The van der Waals surface area contributed by atoms with Gasteiger partial charge in [-0.2, -0.15) is 4.31 Å². The molecule has 1 aromatic heterocycles. The highest BCUT2D eigenvalue weighted by atomic mass is 32.2. The SMILES string of the molecule is Cc1ccccc1S(=O)(=O)N(C)Cc1nc2cc(C(=O)N3CCCC3)ccc2n1C. The van der Waals surface area contributed by atoms with Gasteiger partial charge >= 0.3 is 0 Å². The van der Waals surface area contributed by atoms with Crippen LogP contribution in [-0.2, 0) is 23.6 Å². The van der Waals surface area contributed by atoms with Crippen LogP contribution in [0.5, 0.6) is 0 Å². The number of fused-ring (bicyclic) bond motifs is 1. The Labute approximate surface area is 177 Å². The van der Waals surface area contributed by atoms with E-state index in [4.69, 9.17) is 0 Å². The smallest absolute Gasteiger partial charge is 0.253 e. The van der Waals surface area contributed by atoms with Crippen molar-refractivity contribution in [1.29, 1.82) is 0 Å². The summed E-state index contributed by atoms with van der Waals surface area (Å²) >= 11 is 0. The van der Waals surface area contributed by atoms with Gasteiger partial charge in [-0.1, -0.05) is 18.2 Å². The summed E-state index contributed by atoms with van der Waals surface area (Å²) in [5, 5.41) is 0. The van der Waals surface area contributed by atoms with Crippen LogP contribution in [0.4, 0.5) is 0 Å². The van der Waals surface area contributed by atoms with Gasteiger partial charge in [0.15, 0.2) is 0 Å². The molecule has 1 amide bonds. The second-order valence-electron chi connectivity index (χ2n) is 7.82. The van der Waals surface area contributed by atoms with Crippen molar-refractivity contribution in [2.24, 2.45) is 7.05 Å². The molecular formula is C22H26N4O3S. The summed E-state index contributed by atoms with van der Waals surface area (Å²) in [6.07, 6.45) is 2.09. The van der Waals surface area contributed by atoms with Crippen LogP contribution < -0.4 is 0 Å². The number of carbonyl (C=O) groups is 1. The Balaban J connectivity index is 1.62. The lowest BCUT2D eigenvalue weighted by molar-refractivity contribution is 0.0793. The molecule has 8 heteroatoms. The second kappa shape index (κ2) is 7.85. The van der Waals surface area contributed by atoms with Crippen molar-refractivity contribution < 1.29 is 13.2 Å². The minimum absolute atomic E-state index is 0.0286. The fourth-order valence-electron chi connectivity index (χ4n) is 3.92. The summed E-state index contributed by atoms with van der Waals surface area (Å²) in [6.45, 7) is 3.52. The van der Waals surface area contributed by atoms with E-state index in [0.29, 0.717) is 27.4 Å². The molecule has 4 rings (SSSR count). The average Bonchev–Trinajstić information content (AvgIpc) is 3.36. The Kier molecular flexibility index (Phi) is 5.38. The van der Waals surface area contributed by atoms with Crippen molar-refractivity contribution in [1.82, 2.24) is 18.8 Å². The maximum Gasteiger partial charge on any atom is 0.253 e. The number of amides is 1. The van der Waals surface area contributed by atoms with E-state index in [1.54, 1.807) is 38.2 Å². The summed E-state index contributed by atoms with van der Waals surface area (Å²) in [4.78, 5) is 19.5. The lowest BCUT2D eigenvalue weighted by Gasteiger charge is -2.18. The van der Waals surface area contributed by atoms with Crippen LogP contribution in [0.25, 0.3) is 11.0 Å². The third kappa shape index (κ3) is 3.61. The quantitative estimate of drug-likeness (QED) is 0.629. The third-order valence-corrected chi connectivity index (χ3v) is 7.72. The van der Waals surface area contributed by atoms with Crippen LogP contribution in [0.3, 0.4) is 0 Å². The Morgan fingerprint density at radius 1 is 1.13 bits per heavy atom. The number of nitrogens with zero attached hydrogens (tertiary/aromatic N) is 4. The predicted octanol–water partition coefficient (Wildman–Crippen LogP) is 2.94. The minimum atomic E-state index is -3.64. The van der Waals surface area contributed by atoms with Crippen LogP contribution in [0.1, 0.15) is 34.6 Å². The van der Waals surface area contributed by atoms with E-state index in [2.05, 4.69) is 4.98 Å². The number of hydrogen-bond acceptors (Lipinski definition) is 4. The average molecular weight is 427 g/mol. The largest absolute Gasteiger partial charge is 0.339 e. The molecule has 0 aliphatic carbocycles. The van der Waals surface area contributed by atoms with Crippen LogP contribution in [0.2, 0.25) is 0 Å². The van der Waals surface area contributed by atoms with Gasteiger partial charge < -0.3 is 9.47 Å². The number of rotatable bonds is 5. The van der Waals surface area contributed by atoms with Gasteiger partial charge in [-0.3, -0.25) is 4.79 Å². The normalized spacial score (nSPS) is 14.7. The number of sulfonamides is 1. The van der Waals surface area contributed by atoms with Crippen LogP contribution >= 0.6 is 0 Å². The van der Waals surface area contributed by atoms with Gasteiger partial charge in [0.2, 0.25) is 10.0 Å². The lowest BCUT2D eigenvalue weighted by atomic mass is 10.2. The van der Waals surface area contributed by atoms with E-state index in [9.17, 15) is 13.2 Å². The van der Waals surface area contributed by atoms with Gasteiger partial charge in [0.1, 0.15) is 5.82 Å². The molecule has 2 heterocycles. The molecule has 1 aliphatic heterocycles. The van der Waals surface area contributed by atoms with Crippen molar-refractivity contribution in [3.63, 3.8) is 0 Å². The van der Waals surface area contributed by atoms with Crippen molar-refractivity contribution >= 4 is 27.0 Å². The topological polar surface area (TPSA) is 75.5 Å².